The Kier molecular flexibility index (Phi) is 5.94. The Labute approximate surface area is 141 Å². The first-order valence-corrected chi connectivity index (χ1v) is 9.19. The first-order chi connectivity index (χ1) is 11.4. The van der Waals surface area contributed by atoms with Gasteiger partial charge in [-0.15, -0.1) is 0 Å². The summed E-state index contributed by atoms with van der Waals surface area (Å²) in [7, 11) is -1.60. The minimum atomic E-state index is -3.21. The van der Waals surface area contributed by atoms with Crippen molar-refractivity contribution in [3.8, 4) is 0 Å². The third-order valence-corrected chi connectivity index (χ3v) is 4.43. The number of sulfone groups is 1. The van der Waals surface area contributed by atoms with Gasteiger partial charge in [-0.25, -0.2) is 13.2 Å². The van der Waals surface area contributed by atoms with Gasteiger partial charge in [0.05, 0.1) is 11.5 Å². The van der Waals surface area contributed by atoms with Crippen molar-refractivity contribution in [3.63, 3.8) is 0 Å². The maximum atomic E-state index is 11.9. The van der Waals surface area contributed by atoms with Gasteiger partial charge in [-0.05, 0) is 35.4 Å². The van der Waals surface area contributed by atoms with E-state index >= 15 is 0 Å². The topological polar surface area (TPSA) is 84.5 Å². The minimum absolute atomic E-state index is 0.255. The predicted octanol–water partition coefficient (Wildman–Crippen LogP) is 2.56. The first kappa shape index (κ1) is 18.0. The maximum Gasteiger partial charge on any atom is 0.319 e. The van der Waals surface area contributed by atoms with Gasteiger partial charge >= 0.3 is 6.03 Å². The summed E-state index contributed by atoms with van der Waals surface area (Å²) >= 11 is 0. The lowest BCUT2D eigenvalue weighted by Crippen LogP contribution is -2.28. The molecule has 0 atom stereocenters. The lowest BCUT2D eigenvalue weighted by atomic mass is 10.2. The molecule has 128 valence electrons. The summed E-state index contributed by atoms with van der Waals surface area (Å²) in [6.45, 7) is 0.775. The van der Waals surface area contributed by atoms with Crippen LogP contribution in [0.1, 0.15) is 11.1 Å². The van der Waals surface area contributed by atoms with Crippen LogP contribution in [0.2, 0.25) is 0 Å². The zero-order chi connectivity index (χ0) is 17.6. The van der Waals surface area contributed by atoms with Gasteiger partial charge < -0.3 is 15.4 Å². The fourth-order valence-electron chi connectivity index (χ4n) is 2.12. The second-order valence-corrected chi connectivity index (χ2v) is 7.37. The van der Waals surface area contributed by atoms with E-state index in [9.17, 15) is 13.2 Å². The molecular weight excluding hydrogens is 328 g/mol. The van der Waals surface area contributed by atoms with Crippen molar-refractivity contribution in [1.82, 2.24) is 5.32 Å². The van der Waals surface area contributed by atoms with Gasteiger partial charge in [0.25, 0.3) is 0 Å². The number of amides is 2. The van der Waals surface area contributed by atoms with Crippen LogP contribution in [0.15, 0.2) is 53.4 Å². The number of carbonyl (C=O) groups excluding carboxylic acids is 1. The van der Waals surface area contributed by atoms with Crippen LogP contribution in [0.4, 0.5) is 10.5 Å². The van der Waals surface area contributed by atoms with E-state index in [1.54, 1.807) is 25.3 Å². The molecule has 0 aliphatic rings. The van der Waals surface area contributed by atoms with E-state index < -0.39 is 9.84 Å². The van der Waals surface area contributed by atoms with E-state index in [-0.39, 0.29) is 10.9 Å². The van der Waals surface area contributed by atoms with Gasteiger partial charge in [-0.2, -0.15) is 0 Å². The molecular formula is C17H20N2O4S. The van der Waals surface area contributed by atoms with Gasteiger partial charge in [0.2, 0.25) is 0 Å². The van der Waals surface area contributed by atoms with Crippen molar-refractivity contribution < 1.29 is 17.9 Å². The Morgan fingerprint density at radius 2 is 1.79 bits per heavy atom. The molecule has 24 heavy (non-hydrogen) atoms. The molecule has 0 saturated carbocycles. The summed E-state index contributed by atoms with van der Waals surface area (Å²) in [5, 5.41) is 5.47. The molecule has 0 bridgehead atoms. The maximum absolute atomic E-state index is 11.9. The molecule has 2 N–H and O–H groups in total. The minimum Gasteiger partial charge on any atom is -0.380 e. The summed E-state index contributed by atoms with van der Waals surface area (Å²) in [6, 6.07) is 13.5. The summed E-state index contributed by atoms with van der Waals surface area (Å²) < 4.78 is 27.9. The van der Waals surface area contributed by atoms with Crippen LogP contribution in [0, 0.1) is 0 Å². The molecule has 2 aromatic carbocycles. The van der Waals surface area contributed by atoms with Crippen LogP contribution in [-0.2, 0) is 27.7 Å². The number of hydrogen-bond donors (Lipinski definition) is 2. The van der Waals surface area contributed by atoms with Crippen molar-refractivity contribution in [2.24, 2.45) is 0 Å². The molecule has 2 rings (SSSR count). The van der Waals surface area contributed by atoms with Crippen molar-refractivity contribution in [2.45, 2.75) is 18.0 Å². The Morgan fingerprint density at radius 3 is 2.42 bits per heavy atom. The highest BCUT2D eigenvalue weighted by Crippen LogP contribution is 2.12. The predicted molar refractivity (Wildman–Crippen MR) is 92.6 cm³/mol. The lowest BCUT2D eigenvalue weighted by molar-refractivity contribution is 0.185. The molecule has 2 amide bonds. The Hall–Kier alpha value is -2.38. The van der Waals surface area contributed by atoms with Gasteiger partial charge in [0.15, 0.2) is 9.84 Å². The van der Waals surface area contributed by atoms with Gasteiger partial charge in [-0.3, -0.25) is 0 Å². The number of anilines is 1. The van der Waals surface area contributed by atoms with E-state index in [2.05, 4.69) is 10.6 Å². The van der Waals surface area contributed by atoms with E-state index in [0.717, 1.165) is 17.4 Å². The number of carbonyl (C=O) groups is 1. The van der Waals surface area contributed by atoms with Gasteiger partial charge in [0, 0.05) is 25.6 Å². The largest absolute Gasteiger partial charge is 0.380 e. The molecule has 0 spiro atoms. The molecule has 0 aliphatic heterocycles. The number of urea groups is 1. The smallest absolute Gasteiger partial charge is 0.319 e. The fraction of sp³-hybridized carbons (Fsp3) is 0.235. The highest BCUT2D eigenvalue weighted by molar-refractivity contribution is 7.90. The number of nitrogens with one attached hydrogen (secondary N) is 2. The normalized spacial score (nSPS) is 11.1. The lowest BCUT2D eigenvalue weighted by Gasteiger charge is -2.09. The summed E-state index contributed by atoms with van der Waals surface area (Å²) in [5.74, 6) is 0. The summed E-state index contributed by atoms with van der Waals surface area (Å²) in [6.07, 6.45) is 1.16. The number of benzene rings is 2. The molecule has 0 saturated heterocycles. The van der Waals surface area contributed by atoms with Gasteiger partial charge in [0.1, 0.15) is 0 Å². The molecule has 7 heteroatoms. The molecule has 2 aromatic rings. The highest BCUT2D eigenvalue weighted by atomic mass is 32.2. The second-order valence-electron chi connectivity index (χ2n) is 5.36. The van der Waals surface area contributed by atoms with Crippen LogP contribution < -0.4 is 10.6 Å². The number of ether oxygens (including phenoxy) is 1. The number of methoxy groups -OCH3 is 1. The quantitative estimate of drug-likeness (QED) is 0.840. The standard InChI is InChI=1S/C17H20N2O4S/c1-23-12-14-4-3-5-15(10-14)19-17(20)18-11-13-6-8-16(9-7-13)24(2,21)22/h3-10H,11-12H2,1-2H3,(H2,18,19,20). The molecule has 0 radical (unpaired) electrons. The molecule has 0 fully saturated rings. The Bertz CT molecular complexity index is 802. The zero-order valence-corrected chi connectivity index (χ0v) is 14.4. The third kappa shape index (κ3) is 5.36. The van der Waals surface area contributed by atoms with E-state index in [4.69, 9.17) is 4.74 Å². The molecule has 0 unspecified atom stereocenters. The molecule has 0 aromatic heterocycles. The van der Waals surface area contributed by atoms with Crippen molar-refractivity contribution >= 4 is 21.6 Å². The Morgan fingerprint density at radius 1 is 1.08 bits per heavy atom. The molecule has 0 heterocycles. The molecule has 6 nitrogen and oxygen atoms in total. The third-order valence-electron chi connectivity index (χ3n) is 3.30. The highest BCUT2D eigenvalue weighted by Gasteiger charge is 2.07. The van der Waals surface area contributed by atoms with E-state index in [1.807, 2.05) is 18.2 Å². The van der Waals surface area contributed by atoms with Crippen molar-refractivity contribution in [2.75, 3.05) is 18.7 Å². The number of rotatable bonds is 6. The average molecular weight is 348 g/mol. The van der Waals surface area contributed by atoms with Crippen molar-refractivity contribution in [1.29, 1.82) is 0 Å². The van der Waals surface area contributed by atoms with Crippen LogP contribution in [0.3, 0.4) is 0 Å². The monoisotopic (exact) mass is 348 g/mol. The fourth-order valence-corrected chi connectivity index (χ4v) is 2.75. The second kappa shape index (κ2) is 7.94. The van der Waals surface area contributed by atoms with E-state index in [1.165, 1.54) is 12.1 Å². The van der Waals surface area contributed by atoms with Gasteiger partial charge in [-0.1, -0.05) is 24.3 Å². The van der Waals surface area contributed by atoms with Crippen molar-refractivity contribution in [3.05, 3.63) is 59.7 Å². The Balaban J connectivity index is 1.90. The first-order valence-electron chi connectivity index (χ1n) is 7.30. The average Bonchev–Trinajstić information content (AvgIpc) is 2.53. The van der Waals surface area contributed by atoms with E-state index in [0.29, 0.717) is 18.8 Å². The zero-order valence-electron chi connectivity index (χ0n) is 13.6. The van der Waals surface area contributed by atoms with Crippen LogP contribution >= 0.6 is 0 Å². The van der Waals surface area contributed by atoms with Crippen LogP contribution in [0.5, 0.6) is 0 Å². The van der Waals surface area contributed by atoms with Crippen LogP contribution in [-0.4, -0.2) is 27.8 Å². The van der Waals surface area contributed by atoms with Crippen LogP contribution in [0.25, 0.3) is 0 Å². The number of hydrogen-bond acceptors (Lipinski definition) is 4. The summed E-state index contributed by atoms with van der Waals surface area (Å²) in [5.41, 5.74) is 2.45. The SMILES string of the molecule is COCc1cccc(NC(=O)NCc2ccc(S(C)(=O)=O)cc2)c1. The molecule has 0 aliphatic carbocycles. The summed E-state index contributed by atoms with van der Waals surface area (Å²) in [4.78, 5) is 12.2.